The number of morpholine rings is 1. The van der Waals surface area contributed by atoms with Gasteiger partial charge in [-0.05, 0) is 19.3 Å². The Balaban J connectivity index is 1.31. The lowest BCUT2D eigenvalue weighted by Crippen LogP contribution is -2.52. The zero-order chi connectivity index (χ0) is 26.1. The number of likely N-dealkylation sites (tertiary alicyclic amines) is 1. The van der Waals surface area contributed by atoms with Crippen molar-refractivity contribution in [3.63, 3.8) is 0 Å². The molecule has 0 spiro atoms. The van der Waals surface area contributed by atoms with E-state index in [4.69, 9.17) is 24.3 Å². The van der Waals surface area contributed by atoms with Gasteiger partial charge in [-0.2, -0.15) is 0 Å². The summed E-state index contributed by atoms with van der Waals surface area (Å²) in [6.45, 7) is 6.95. The molecular weight excluding hydrogens is 501 g/mol. The van der Waals surface area contributed by atoms with Crippen molar-refractivity contribution < 1.29 is 23.8 Å². The lowest BCUT2D eigenvalue weighted by molar-refractivity contribution is 0.0679. The molecule has 0 aliphatic carbocycles. The Hall–Kier alpha value is -2.06. The standard InChI is InChI=1S/C22H40N9O5P/c1-35-11-2-5-31-17-19(27-28-31)16-23-22-25-20(15-21(26-22)30-8-12-36-13-9-30)24-18-3-6-29(7-4-18)10-14-37(32,33)34/h15,17-18,22-25H,2-14,16H2,1H3,(H2,32,33,34). The van der Waals surface area contributed by atoms with Crippen LogP contribution in [0.4, 0.5) is 0 Å². The molecular formula is C22H40N9O5P. The van der Waals surface area contributed by atoms with Crippen molar-refractivity contribution >= 4 is 13.4 Å². The zero-order valence-electron chi connectivity index (χ0n) is 21.5. The van der Waals surface area contributed by atoms with E-state index in [2.05, 4.69) is 42.1 Å². The Labute approximate surface area is 217 Å². The highest BCUT2D eigenvalue weighted by Gasteiger charge is 2.25. The molecule has 1 aromatic rings. The van der Waals surface area contributed by atoms with E-state index in [-0.39, 0.29) is 18.5 Å². The normalized spacial score (nSPS) is 21.9. The van der Waals surface area contributed by atoms with E-state index in [1.54, 1.807) is 7.11 Å². The van der Waals surface area contributed by atoms with Gasteiger partial charge in [0, 0.05) is 77.8 Å². The molecule has 37 heavy (non-hydrogen) atoms. The Bertz CT molecular complexity index is 954. The number of ether oxygens (including phenoxy) is 2. The number of piperidine rings is 1. The first kappa shape index (κ1) is 28.0. The fourth-order valence-corrected chi connectivity index (χ4v) is 5.10. The third kappa shape index (κ3) is 9.32. The number of amidine groups is 1. The van der Waals surface area contributed by atoms with Crippen LogP contribution in [0.3, 0.4) is 0 Å². The zero-order valence-corrected chi connectivity index (χ0v) is 22.4. The summed E-state index contributed by atoms with van der Waals surface area (Å²) in [5.74, 6) is 1.82. The van der Waals surface area contributed by atoms with Crippen molar-refractivity contribution in [1.29, 1.82) is 0 Å². The van der Waals surface area contributed by atoms with Gasteiger partial charge in [-0.25, -0.2) is 4.99 Å². The first-order valence-corrected chi connectivity index (χ1v) is 14.7. The second-order valence-corrected chi connectivity index (χ2v) is 11.3. The molecule has 1 aromatic heterocycles. The predicted octanol–water partition coefficient (Wildman–Crippen LogP) is -0.905. The molecule has 14 nitrogen and oxygen atoms in total. The van der Waals surface area contributed by atoms with E-state index in [1.807, 2.05) is 10.9 Å². The van der Waals surface area contributed by atoms with Crippen LogP contribution in [0.2, 0.25) is 0 Å². The molecule has 208 valence electrons. The molecule has 3 aliphatic rings. The third-order valence-corrected chi connectivity index (χ3v) is 7.40. The number of methoxy groups -OCH3 is 1. The molecule has 0 aromatic carbocycles. The number of rotatable bonds is 12. The summed E-state index contributed by atoms with van der Waals surface area (Å²) in [7, 11) is -2.27. The van der Waals surface area contributed by atoms with Crippen LogP contribution in [0, 0.1) is 0 Å². The van der Waals surface area contributed by atoms with E-state index in [0.29, 0.717) is 32.9 Å². The van der Waals surface area contributed by atoms with Gasteiger partial charge in [0.2, 0.25) is 0 Å². The van der Waals surface area contributed by atoms with Crippen LogP contribution in [0.1, 0.15) is 25.0 Å². The Morgan fingerprint density at radius 3 is 2.73 bits per heavy atom. The molecule has 0 radical (unpaired) electrons. The molecule has 4 heterocycles. The molecule has 1 atom stereocenters. The largest absolute Gasteiger partial charge is 0.385 e. The third-order valence-electron chi connectivity index (χ3n) is 6.62. The fraction of sp³-hybridized carbons (Fsp3) is 0.773. The molecule has 5 N–H and O–H groups in total. The molecule has 1 unspecified atom stereocenters. The minimum Gasteiger partial charge on any atom is -0.385 e. The summed E-state index contributed by atoms with van der Waals surface area (Å²) < 4.78 is 23.6. The topological polar surface area (TPSA) is 162 Å². The molecule has 15 heteroatoms. The number of hydrogen-bond acceptors (Lipinski definition) is 11. The van der Waals surface area contributed by atoms with Crippen molar-refractivity contribution in [2.75, 3.05) is 65.8 Å². The monoisotopic (exact) mass is 541 g/mol. The maximum atomic E-state index is 11.2. The average molecular weight is 542 g/mol. The molecule has 0 bridgehead atoms. The molecule has 0 saturated carbocycles. The number of nitrogens with one attached hydrogen (secondary N) is 3. The van der Waals surface area contributed by atoms with Crippen LogP contribution < -0.4 is 16.0 Å². The van der Waals surface area contributed by atoms with Crippen molar-refractivity contribution in [2.45, 2.75) is 44.7 Å². The maximum absolute atomic E-state index is 11.2. The summed E-state index contributed by atoms with van der Waals surface area (Å²) in [5.41, 5.74) is 0.842. The highest BCUT2D eigenvalue weighted by molar-refractivity contribution is 7.51. The summed E-state index contributed by atoms with van der Waals surface area (Å²) in [5, 5.41) is 19.0. The number of aryl methyl sites for hydroxylation is 1. The molecule has 0 amide bonds. The van der Waals surface area contributed by atoms with E-state index in [0.717, 1.165) is 69.3 Å². The first-order chi connectivity index (χ1) is 17.9. The van der Waals surface area contributed by atoms with Crippen LogP contribution in [-0.2, 0) is 27.1 Å². The Kier molecular flexibility index (Phi) is 10.3. The summed E-state index contributed by atoms with van der Waals surface area (Å²) >= 11 is 0. The average Bonchev–Trinajstić information content (AvgIpc) is 3.35. The fourth-order valence-electron chi connectivity index (χ4n) is 4.56. The number of nitrogens with zero attached hydrogens (tertiary/aromatic N) is 6. The second-order valence-electron chi connectivity index (χ2n) is 9.54. The van der Waals surface area contributed by atoms with E-state index in [1.165, 1.54) is 0 Å². The number of hydrogen-bond donors (Lipinski definition) is 5. The van der Waals surface area contributed by atoms with Gasteiger partial charge in [-0.1, -0.05) is 5.21 Å². The van der Waals surface area contributed by atoms with E-state index < -0.39 is 7.60 Å². The highest BCUT2D eigenvalue weighted by Crippen LogP contribution is 2.33. The Morgan fingerprint density at radius 2 is 2.00 bits per heavy atom. The molecule has 4 rings (SSSR count). The Morgan fingerprint density at radius 1 is 1.22 bits per heavy atom. The van der Waals surface area contributed by atoms with Crippen LogP contribution in [-0.4, -0.2) is 119 Å². The SMILES string of the molecule is COCCCn1cc(CNC2N=C(N3CCOCC3)C=C(NC3CCN(CCP(=O)(O)O)CC3)N2)nn1. The summed E-state index contributed by atoms with van der Waals surface area (Å²) in [6, 6.07) is 0.266. The van der Waals surface area contributed by atoms with Gasteiger partial charge >= 0.3 is 7.60 Å². The van der Waals surface area contributed by atoms with Crippen molar-refractivity contribution in [3.05, 3.63) is 23.8 Å². The smallest absolute Gasteiger partial charge is 0.326 e. The minimum absolute atomic E-state index is 0.0918. The minimum atomic E-state index is -3.96. The number of aliphatic imine (C=N–C) groups is 1. The number of aromatic nitrogens is 3. The van der Waals surface area contributed by atoms with Crippen molar-refractivity contribution in [1.82, 2.24) is 40.7 Å². The molecule has 3 aliphatic heterocycles. The van der Waals surface area contributed by atoms with E-state index in [9.17, 15) is 4.57 Å². The predicted molar refractivity (Wildman–Crippen MR) is 138 cm³/mol. The van der Waals surface area contributed by atoms with Gasteiger partial charge in [0.05, 0.1) is 25.1 Å². The summed E-state index contributed by atoms with van der Waals surface area (Å²) in [6.07, 6.45) is 6.25. The molecule has 2 fully saturated rings. The first-order valence-electron chi connectivity index (χ1n) is 12.9. The van der Waals surface area contributed by atoms with Gasteiger partial charge in [-0.15, -0.1) is 5.10 Å². The van der Waals surface area contributed by atoms with Gasteiger partial charge in [-0.3, -0.25) is 14.6 Å². The quantitative estimate of drug-likeness (QED) is 0.164. The lowest BCUT2D eigenvalue weighted by atomic mass is 10.1. The maximum Gasteiger partial charge on any atom is 0.326 e. The summed E-state index contributed by atoms with van der Waals surface area (Å²) in [4.78, 5) is 27.5. The highest BCUT2D eigenvalue weighted by atomic mass is 31.2. The lowest BCUT2D eigenvalue weighted by Gasteiger charge is -2.36. The second kappa shape index (κ2) is 13.7. The van der Waals surface area contributed by atoms with Crippen molar-refractivity contribution in [3.8, 4) is 0 Å². The van der Waals surface area contributed by atoms with Gasteiger partial charge in [0.1, 0.15) is 11.7 Å². The van der Waals surface area contributed by atoms with Gasteiger partial charge < -0.3 is 39.7 Å². The van der Waals surface area contributed by atoms with Crippen LogP contribution in [0.5, 0.6) is 0 Å². The van der Waals surface area contributed by atoms with Crippen LogP contribution in [0.15, 0.2) is 23.1 Å². The van der Waals surface area contributed by atoms with E-state index >= 15 is 0 Å². The van der Waals surface area contributed by atoms with Crippen molar-refractivity contribution in [2.24, 2.45) is 4.99 Å². The molecule has 2 saturated heterocycles. The van der Waals surface area contributed by atoms with Crippen LogP contribution >= 0.6 is 7.60 Å². The van der Waals surface area contributed by atoms with Gasteiger partial charge in [0.15, 0.2) is 6.29 Å². The van der Waals surface area contributed by atoms with Gasteiger partial charge in [0.25, 0.3) is 0 Å². The van der Waals surface area contributed by atoms with Crippen LogP contribution in [0.25, 0.3) is 0 Å².